The number of anilines is 2. The maximum atomic E-state index is 13.5. The Bertz CT molecular complexity index is 641. The first-order valence-corrected chi connectivity index (χ1v) is 6.33. The largest absolute Gasteiger partial charge is 0.321 e. The topological polar surface area (TPSA) is 67.1 Å². The predicted molar refractivity (Wildman–Crippen MR) is 76.3 cm³/mol. The predicted octanol–water partition coefficient (Wildman–Crippen LogP) is 3.27. The maximum Gasteiger partial charge on any atom is 0.255 e. The van der Waals surface area contributed by atoms with Crippen LogP contribution in [0.4, 0.5) is 20.2 Å². The molecule has 1 amide bonds. The molecule has 0 bridgehead atoms. The van der Waals surface area contributed by atoms with Gasteiger partial charge in [0.25, 0.3) is 5.91 Å². The van der Waals surface area contributed by atoms with Crippen molar-refractivity contribution in [2.75, 3.05) is 10.7 Å². The molecule has 0 spiro atoms. The third-order valence-electron chi connectivity index (χ3n) is 2.57. The van der Waals surface area contributed by atoms with Crippen LogP contribution in [0.1, 0.15) is 10.4 Å². The Hall–Kier alpha value is -1.99. The van der Waals surface area contributed by atoms with E-state index in [1.54, 1.807) is 24.3 Å². The third-order valence-corrected chi connectivity index (χ3v) is 3.26. The lowest BCUT2D eigenvalue weighted by atomic mass is 10.1. The summed E-state index contributed by atoms with van der Waals surface area (Å²) < 4.78 is 27.7. The molecule has 2 aromatic carbocycles. The zero-order chi connectivity index (χ0) is 14.7. The molecule has 0 aliphatic carbocycles. The molecule has 0 fully saturated rings. The minimum atomic E-state index is -0.940. The first kappa shape index (κ1) is 14.4. The lowest BCUT2D eigenvalue weighted by Crippen LogP contribution is -2.15. The second-order valence-electron chi connectivity index (χ2n) is 3.89. The van der Waals surface area contributed by atoms with Crippen molar-refractivity contribution in [2.24, 2.45) is 5.84 Å². The Kier molecular flexibility index (Phi) is 4.31. The molecule has 2 rings (SSSR count). The fraction of sp³-hybridized carbons (Fsp3) is 0. The number of amides is 1. The number of benzene rings is 2. The van der Waals surface area contributed by atoms with Crippen LogP contribution in [-0.4, -0.2) is 5.91 Å². The minimum Gasteiger partial charge on any atom is -0.321 e. The van der Waals surface area contributed by atoms with Crippen molar-refractivity contribution < 1.29 is 13.6 Å². The second-order valence-corrected chi connectivity index (χ2v) is 4.75. The molecule has 4 N–H and O–H groups in total. The average Bonchev–Trinajstić information content (AvgIpc) is 2.41. The van der Waals surface area contributed by atoms with E-state index in [-0.39, 0.29) is 5.56 Å². The molecule has 104 valence electrons. The summed E-state index contributed by atoms with van der Waals surface area (Å²) in [7, 11) is 0. The van der Waals surface area contributed by atoms with Gasteiger partial charge in [-0.25, -0.2) is 8.78 Å². The van der Waals surface area contributed by atoms with Crippen LogP contribution in [0.3, 0.4) is 0 Å². The third kappa shape index (κ3) is 2.94. The quantitative estimate of drug-likeness (QED) is 0.592. The fourth-order valence-corrected chi connectivity index (χ4v) is 1.98. The van der Waals surface area contributed by atoms with E-state index in [1.165, 1.54) is 0 Å². The highest BCUT2D eigenvalue weighted by Crippen LogP contribution is 2.23. The van der Waals surface area contributed by atoms with Crippen LogP contribution in [0.2, 0.25) is 0 Å². The van der Waals surface area contributed by atoms with Crippen molar-refractivity contribution in [1.82, 2.24) is 0 Å². The minimum absolute atomic E-state index is 0.144. The van der Waals surface area contributed by atoms with Gasteiger partial charge in [0, 0.05) is 10.0 Å². The summed E-state index contributed by atoms with van der Waals surface area (Å²) in [6, 6.07) is 8.71. The molecular weight excluding hydrogens is 332 g/mol. The van der Waals surface area contributed by atoms with E-state index in [9.17, 15) is 13.6 Å². The van der Waals surface area contributed by atoms with Gasteiger partial charge in [-0.15, -0.1) is 0 Å². The Morgan fingerprint density at radius 2 is 1.75 bits per heavy atom. The molecular formula is C13H10BrF2N3O. The van der Waals surface area contributed by atoms with Gasteiger partial charge in [-0.1, -0.05) is 12.1 Å². The van der Waals surface area contributed by atoms with Gasteiger partial charge in [-0.3, -0.25) is 10.6 Å². The van der Waals surface area contributed by atoms with Crippen LogP contribution >= 0.6 is 15.9 Å². The number of nitrogen functional groups attached to an aromatic ring is 1. The molecule has 2 aromatic rings. The molecule has 0 aliphatic heterocycles. The van der Waals surface area contributed by atoms with Gasteiger partial charge in [0.2, 0.25) is 0 Å². The van der Waals surface area contributed by atoms with Gasteiger partial charge in [0.15, 0.2) is 11.6 Å². The van der Waals surface area contributed by atoms with Crippen molar-refractivity contribution in [3.63, 3.8) is 0 Å². The van der Waals surface area contributed by atoms with E-state index in [0.29, 0.717) is 10.2 Å². The van der Waals surface area contributed by atoms with Crippen molar-refractivity contribution in [3.05, 3.63) is 58.1 Å². The summed E-state index contributed by atoms with van der Waals surface area (Å²) >= 11 is 3.26. The van der Waals surface area contributed by atoms with Crippen molar-refractivity contribution in [2.45, 2.75) is 0 Å². The van der Waals surface area contributed by atoms with Crippen LogP contribution < -0.4 is 16.6 Å². The fourth-order valence-electron chi connectivity index (χ4n) is 1.60. The van der Waals surface area contributed by atoms with Crippen LogP contribution in [0, 0.1) is 11.6 Å². The number of nitrogens with two attached hydrogens (primary N) is 1. The van der Waals surface area contributed by atoms with Gasteiger partial charge in [0.05, 0.1) is 5.69 Å². The molecule has 0 saturated heterocycles. The summed E-state index contributed by atoms with van der Waals surface area (Å²) in [5, 5.41) is 2.55. The lowest BCUT2D eigenvalue weighted by Gasteiger charge is -2.09. The number of para-hydroxylation sites is 1. The molecule has 20 heavy (non-hydrogen) atoms. The van der Waals surface area contributed by atoms with Gasteiger partial charge in [-0.2, -0.15) is 0 Å². The Morgan fingerprint density at radius 3 is 2.30 bits per heavy atom. The number of carbonyl (C=O) groups excluding carboxylic acids is 1. The molecule has 0 aliphatic rings. The summed E-state index contributed by atoms with van der Waals surface area (Å²) in [6.07, 6.45) is 0. The lowest BCUT2D eigenvalue weighted by molar-refractivity contribution is 0.102. The Balaban J connectivity index is 2.29. The number of nitrogens with one attached hydrogen (secondary N) is 2. The Labute approximate surface area is 122 Å². The zero-order valence-electron chi connectivity index (χ0n) is 10.1. The SMILES string of the molecule is NNc1c(F)cc(C(=O)Nc2ccccc2Br)cc1F. The molecule has 0 radical (unpaired) electrons. The van der Waals surface area contributed by atoms with Crippen molar-refractivity contribution >= 4 is 33.2 Å². The van der Waals surface area contributed by atoms with Crippen molar-refractivity contribution in [1.29, 1.82) is 0 Å². The highest BCUT2D eigenvalue weighted by atomic mass is 79.9. The molecule has 0 unspecified atom stereocenters. The van der Waals surface area contributed by atoms with E-state index in [1.807, 2.05) is 5.43 Å². The molecule has 0 atom stereocenters. The van der Waals surface area contributed by atoms with Gasteiger partial charge in [-0.05, 0) is 40.2 Å². The maximum absolute atomic E-state index is 13.5. The summed E-state index contributed by atoms with van der Waals surface area (Å²) in [5.41, 5.74) is 1.77. The van der Waals surface area contributed by atoms with E-state index in [4.69, 9.17) is 5.84 Å². The summed E-state index contributed by atoms with van der Waals surface area (Å²) in [6.45, 7) is 0. The van der Waals surface area contributed by atoms with E-state index in [2.05, 4.69) is 21.2 Å². The molecule has 0 saturated carbocycles. The van der Waals surface area contributed by atoms with Crippen LogP contribution in [0.5, 0.6) is 0 Å². The number of carbonyl (C=O) groups is 1. The molecule has 7 heteroatoms. The first-order valence-electron chi connectivity index (χ1n) is 5.54. The van der Waals surface area contributed by atoms with Gasteiger partial charge >= 0.3 is 0 Å². The van der Waals surface area contributed by atoms with Crippen LogP contribution in [0.25, 0.3) is 0 Å². The normalized spacial score (nSPS) is 10.2. The number of hydrogen-bond acceptors (Lipinski definition) is 3. The van der Waals surface area contributed by atoms with E-state index < -0.39 is 23.2 Å². The smallest absolute Gasteiger partial charge is 0.255 e. The average molecular weight is 342 g/mol. The van der Waals surface area contributed by atoms with E-state index in [0.717, 1.165) is 12.1 Å². The highest BCUT2D eigenvalue weighted by Gasteiger charge is 2.15. The number of rotatable bonds is 3. The van der Waals surface area contributed by atoms with Crippen molar-refractivity contribution in [3.8, 4) is 0 Å². The highest BCUT2D eigenvalue weighted by molar-refractivity contribution is 9.10. The number of halogens is 3. The number of hydrazine groups is 1. The first-order chi connectivity index (χ1) is 9.52. The van der Waals surface area contributed by atoms with Gasteiger partial charge < -0.3 is 10.7 Å². The monoisotopic (exact) mass is 341 g/mol. The molecule has 0 aromatic heterocycles. The second kappa shape index (κ2) is 5.98. The molecule has 0 heterocycles. The zero-order valence-corrected chi connectivity index (χ0v) is 11.7. The number of hydrogen-bond donors (Lipinski definition) is 3. The summed E-state index contributed by atoms with van der Waals surface area (Å²) in [4.78, 5) is 12.0. The van der Waals surface area contributed by atoms with Crippen LogP contribution in [-0.2, 0) is 0 Å². The van der Waals surface area contributed by atoms with Crippen LogP contribution in [0.15, 0.2) is 40.9 Å². The van der Waals surface area contributed by atoms with Gasteiger partial charge in [0.1, 0.15) is 5.69 Å². The molecule has 4 nitrogen and oxygen atoms in total. The summed E-state index contributed by atoms with van der Waals surface area (Å²) in [5.74, 6) is 2.48. The Morgan fingerprint density at radius 1 is 1.15 bits per heavy atom. The van der Waals surface area contributed by atoms with E-state index >= 15 is 0 Å². The standard InChI is InChI=1S/C13H10BrF2N3O/c14-8-3-1-2-4-11(8)18-13(20)7-5-9(15)12(19-17)10(16)6-7/h1-6,19H,17H2,(H,18,20).